The van der Waals surface area contributed by atoms with Gasteiger partial charge in [0.15, 0.2) is 0 Å². The molecule has 1 aliphatic carbocycles. The number of ether oxygens (including phenoxy) is 1. The summed E-state index contributed by atoms with van der Waals surface area (Å²) in [6.07, 6.45) is 1.30. The molecule has 1 N–H and O–H groups in total. The van der Waals surface area contributed by atoms with E-state index in [0.29, 0.717) is 19.4 Å². The van der Waals surface area contributed by atoms with Crippen LogP contribution in [-0.4, -0.2) is 31.0 Å². The molecule has 1 aliphatic heterocycles. The minimum Gasteiger partial charge on any atom is -0.378 e. The van der Waals surface area contributed by atoms with Crippen LogP contribution in [0.4, 0.5) is 13.2 Å². The second-order valence-electron chi connectivity index (χ2n) is 5.83. The van der Waals surface area contributed by atoms with Crippen LogP contribution in [-0.2, 0) is 4.74 Å². The van der Waals surface area contributed by atoms with Gasteiger partial charge in [-0.05, 0) is 32.1 Å². The van der Waals surface area contributed by atoms with E-state index < -0.39 is 18.1 Å². The molecule has 0 amide bonds. The largest absolute Gasteiger partial charge is 0.393 e. The first-order valence-electron chi connectivity index (χ1n) is 7.45. The second-order valence-corrected chi connectivity index (χ2v) is 5.83. The molecule has 4 atom stereocenters. The highest BCUT2D eigenvalue weighted by molar-refractivity contribution is 4.89. The predicted molar refractivity (Wildman–Crippen MR) is 68.0 cm³/mol. The highest BCUT2D eigenvalue weighted by Crippen LogP contribution is 2.38. The molecule has 112 valence electrons. The lowest BCUT2D eigenvalue weighted by atomic mass is 9.83. The van der Waals surface area contributed by atoms with Gasteiger partial charge in [0.25, 0.3) is 0 Å². The smallest absolute Gasteiger partial charge is 0.378 e. The first kappa shape index (κ1) is 15.1. The number of hydrogen-bond acceptors (Lipinski definition) is 2. The summed E-state index contributed by atoms with van der Waals surface area (Å²) < 4.78 is 44.6. The maximum Gasteiger partial charge on any atom is 0.393 e. The Morgan fingerprint density at radius 3 is 2.58 bits per heavy atom. The van der Waals surface area contributed by atoms with E-state index in [1.807, 2.05) is 0 Å². The quantitative estimate of drug-likeness (QED) is 0.851. The summed E-state index contributed by atoms with van der Waals surface area (Å²) in [4.78, 5) is 0. The van der Waals surface area contributed by atoms with Crippen LogP contribution < -0.4 is 5.32 Å². The van der Waals surface area contributed by atoms with E-state index in [0.717, 1.165) is 25.7 Å². The summed E-state index contributed by atoms with van der Waals surface area (Å²) in [5.41, 5.74) is 0. The lowest BCUT2D eigenvalue weighted by molar-refractivity contribution is -0.190. The number of alkyl halides is 3. The molecule has 1 saturated heterocycles. The van der Waals surface area contributed by atoms with Gasteiger partial charge in [-0.3, -0.25) is 0 Å². The van der Waals surface area contributed by atoms with Gasteiger partial charge in [0.1, 0.15) is 0 Å². The minimum absolute atomic E-state index is 0.187. The second kappa shape index (κ2) is 6.44. The van der Waals surface area contributed by atoms with Crippen LogP contribution in [0.25, 0.3) is 0 Å². The summed E-state index contributed by atoms with van der Waals surface area (Å²) in [5.74, 6) is -1.16. The Morgan fingerprint density at radius 2 is 1.89 bits per heavy atom. The van der Waals surface area contributed by atoms with Crippen molar-refractivity contribution in [2.45, 2.75) is 76.2 Å². The van der Waals surface area contributed by atoms with E-state index in [1.54, 1.807) is 0 Å². The molecule has 0 spiro atoms. The number of halogens is 3. The monoisotopic (exact) mass is 279 g/mol. The topological polar surface area (TPSA) is 21.3 Å². The van der Waals surface area contributed by atoms with E-state index in [1.165, 1.54) is 0 Å². The Labute approximate surface area is 113 Å². The Kier molecular flexibility index (Phi) is 5.12. The summed E-state index contributed by atoms with van der Waals surface area (Å²) in [6.45, 7) is 2.73. The van der Waals surface area contributed by atoms with Gasteiger partial charge in [0.2, 0.25) is 0 Å². The Bertz CT molecular complexity index is 282. The molecule has 2 nitrogen and oxygen atoms in total. The zero-order valence-corrected chi connectivity index (χ0v) is 11.5. The Balaban J connectivity index is 1.92. The molecule has 0 radical (unpaired) electrons. The van der Waals surface area contributed by atoms with Crippen molar-refractivity contribution >= 4 is 0 Å². The van der Waals surface area contributed by atoms with Gasteiger partial charge >= 0.3 is 6.18 Å². The van der Waals surface area contributed by atoms with Crippen LogP contribution in [0.1, 0.15) is 51.9 Å². The van der Waals surface area contributed by atoms with Crippen molar-refractivity contribution < 1.29 is 17.9 Å². The highest BCUT2D eigenvalue weighted by Gasteiger charge is 2.46. The predicted octanol–water partition coefficient (Wildman–Crippen LogP) is 3.65. The average Bonchev–Trinajstić information content (AvgIpc) is 2.38. The molecular formula is C14H24F3NO. The van der Waals surface area contributed by atoms with Gasteiger partial charge < -0.3 is 10.1 Å². The van der Waals surface area contributed by atoms with E-state index in [4.69, 9.17) is 4.74 Å². The highest BCUT2D eigenvalue weighted by atomic mass is 19.4. The molecule has 1 saturated carbocycles. The third kappa shape index (κ3) is 4.09. The van der Waals surface area contributed by atoms with E-state index in [9.17, 15) is 13.2 Å². The van der Waals surface area contributed by atoms with Crippen molar-refractivity contribution in [1.82, 2.24) is 5.32 Å². The van der Waals surface area contributed by atoms with Crippen molar-refractivity contribution in [2.24, 2.45) is 5.92 Å². The lowest BCUT2D eigenvalue weighted by Crippen LogP contribution is -2.51. The van der Waals surface area contributed by atoms with E-state index in [2.05, 4.69) is 12.2 Å². The summed E-state index contributed by atoms with van der Waals surface area (Å²) in [5, 5.41) is 3.28. The van der Waals surface area contributed by atoms with Crippen LogP contribution in [0.2, 0.25) is 0 Å². The molecule has 0 aromatic heterocycles. The molecular weight excluding hydrogens is 255 g/mol. The zero-order valence-electron chi connectivity index (χ0n) is 11.5. The minimum atomic E-state index is -4.06. The summed E-state index contributed by atoms with van der Waals surface area (Å²) >= 11 is 0. The Morgan fingerprint density at radius 1 is 1.16 bits per heavy atom. The van der Waals surface area contributed by atoms with E-state index >= 15 is 0 Å². The van der Waals surface area contributed by atoms with Gasteiger partial charge in [-0.15, -0.1) is 0 Å². The first-order chi connectivity index (χ1) is 9.00. The van der Waals surface area contributed by atoms with Crippen LogP contribution in [0, 0.1) is 5.92 Å². The molecule has 0 aromatic rings. The molecule has 0 aromatic carbocycles. The summed E-state index contributed by atoms with van der Waals surface area (Å²) in [6, 6.07) is -0.207. The number of hydrogen-bond donors (Lipinski definition) is 1. The summed E-state index contributed by atoms with van der Waals surface area (Å²) in [7, 11) is 0. The third-order valence-electron chi connectivity index (χ3n) is 4.46. The SMILES string of the molecule is CCC1CC(NC2CCCCC2C(F)(F)F)CCO1. The van der Waals surface area contributed by atoms with Crippen LogP contribution in [0.5, 0.6) is 0 Å². The van der Waals surface area contributed by atoms with Crippen molar-refractivity contribution in [1.29, 1.82) is 0 Å². The van der Waals surface area contributed by atoms with Crippen molar-refractivity contribution in [3.05, 3.63) is 0 Å². The van der Waals surface area contributed by atoms with E-state index in [-0.39, 0.29) is 18.6 Å². The fraction of sp³-hybridized carbons (Fsp3) is 1.00. The lowest BCUT2D eigenvalue weighted by Gasteiger charge is -2.38. The molecule has 5 heteroatoms. The van der Waals surface area contributed by atoms with Crippen molar-refractivity contribution in [2.75, 3.05) is 6.61 Å². The molecule has 19 heavy (non-hydrogen) atoms. The molecule has 2 aliphatic rings. The van der Waals surface area contributed by atoms with Crippen molar-refractivity contribution in [3.63, 3.8) is 0 Å². The van der Waals surface area contributed by atoms with Gasteiger partial charge in [0, 0.05) is 18.7 Å². The standard InChI is InChI=1S/C14H24F3NO/c1-2-11-9-10(7-8-19-11)18-13-6-4-3-5-12(13)14(15,16)17/h10-13,18H,2-9H2,1H3. The zero-order chi connectivity index (χ0) is 13.9. The molecule has 1 heterocycles. The normalized spacial score (nSPS) is 37.3. The Hall–Kier alpha value is -0.290. The van der Waals surface area contributed by atoms with Crippen LogP contribution in [0.3, 0.4) is 0 Å². The van der Waals surface area contributed by atoms with Crippen molar-refractivity contribution in [3.8, 4) is 0 Å². The number of rotatable bonds is 3. The molecule has 0 bridgehead atoms. The van der Waals surface area contributed by atoms with Gasteiger partial charge in [-0.2, -0.15) is 13.2 Å². The van der Waals surface area contributed by atoms with Gasteiger partial charge in [0.05, 0.1) is 12.0 Å². The van der Waals surface area contributed by atoms with Gasteiger partial charge in [-0.1, -0.05) is 19.8 Å². The molecule has 4 unspecified atom stereocenters. The number of nitrogens with one attached hydrogen (secondary N) is 1. The van der Waals surface area contributed by atoms with Crippen LogP contribution in [0.15, 0.2) is 0 Å². The third-order valence-corrected chi connectivity index (χ3v) is 4.46. The maximum absolute atomic E-state index is 13.0. The maximum atomic E-state index is 13.0. The van der Waals surface area contributed by atoms with Crippen LogP contribution >= 0.6 is 0 Å². The average molecular weight is 279 g/mol. The fourth-order valence-corrected chi connectivity index (χ4v) is 3.34. The molecule has 2 rings (SSSR count). The molecule has 2 fully saturated rings. The fourth-order valence-electron chi connectivity index (χ4n) is 3.34. The van der Waals surface area contributed by atoms with Gasteiger partial charge in [-0.25, -0.2) is 0 Å². The first-order valence-corrected chi connectivity index (χ1v) is 7.45.